The van der Waals surface area contributed by atoms with Gasteiger partial charge in [-0.25, -0.2) is 0 Å². The van der Waals surface area contributed by atoms with Gasteiger partial charge in [-0.15, -0.1) is 0 Å². The fraction of sp³-hybridized carbons (Fsp3) is 0.650. The van der Waals surface area contributed by atoms with Gasteiger partial charge in [-0.05, 0) is 50.6 Å². The number of hydrogen-bond acceptors (Lipinski definition) is 5. The third-order valence-corrected chi connectivity index (χ3v) is 5.10. The van der Waals surface area contributed by atoms with Gasteiger partial charge in [0.05, 0.1) is 26.4 Å². The Balaban J connectivity index is 1.41. The molecule has 0 aliphatic carbocycles. The van der Waals surface area contributed by atoms with Crippen molar-refractivity contribution in [3.8, 4) is 5.75 Å². The lowest BCUT2D eigenvalue weighted by atomic mass is 9.96. The molecular formula is C20H30N2O4. The summed E-state index contributed by atoms with van der Waals surface area (Å²) in [6, 6.07) is 7.94. The van der Waals surface area contributed by atoms with Crippen LogP contribution in [-0.4, -0.2) is 68.5 Å². The second-order valence-corrected chi connectivity index (χ2v) is 7.05. The predicted octanol–water partition coefficient (Wildman–Crippen LogP) is 2.13. The van der Waals surface area contributed by atoms with Crippen molar-refractivity contribution in [1.29, 1.82) is 0 Å². The van der Waals surface area contributed by atoms with Crippen LogP contribution in [0.25, 0.3) is 0 Å². The van der Waals surface area contributed by atoms with E-state index in [4.69, 9.17) is 14.2 Å². The number of piperidine rings is 1. The van der Waals surface area contributed by atoms with Gasteiger partial charge in [0.15, 0.2) is 6.29 Å². The van der Waals surface area contributed by atoms with E-state index in [-0.39, 0.29) is 12.2 Å². The molecule has 0 radical (unpaired) electrons. The number of nitrogens with zero attached hydrogens (tertiary/aromatic N) is 2. The topological polar surface area (TPSA) is 51.2 Å². The van der Waals surface area contributed by atoms with Crippen LogP contribution < -0.4 is 4.74 Å². The lowest BCUT2D eigenvalue weighted by Gasteiger charge is -2.34. The molecule has 2 saturated heterocycles. The Bertz CT molecular complexity index is 564. The summed E-state index contributed by atoms with van der Waals surface area (Å²) >= 11 is 0. The third kappa shape index (κ3) is 5.19. The van der Waals surface area contributed by atoms with E-state index in [9.17, 15) is 4.79 Å². The molecule has 26 heavy (non-hydrogen) atoms. The van der Waals surface area contributed by atoms with E-state index >= 15 is 0 Å². The molecule has 0 unspecified atom stereocenters. The molecule has 2 fully saturated rings. The van der Waals surface area contributed by atoms with Gasteiger partial charge in [0.25, 0.3) is 0 Å². The molecule has 0 saturated carbocycles. The summed E-state index contributed by atoms with van der Waals surface area (Å²) in [7, 11) is 1.87. The van der Waals surface area contributed by atoms with Gasteiger partial charge in [0, 0.05) is 19.5 Å². The molecule has 6 nitrogen and oxygen atoms in total. The average Bonchev–Trinajstić information content (AvgIpc) is 3.19. The first-order chi connectivity index (χ1) is 12.7. The molecule has 0 spiro atoms. The molecule has 2 aliphatic heterocycles. The molecule has 0 N–H and O–H groups in total. The average molecular weight is 362 g/mol. The SMILES string of the molecule is CCOc1ccc(CN(C)C(=O)CN2CCC(C3OCCO3)CC2)cc1. The Morgan fingerprint density at radius 2 is 1.85 bits per heavy atom. The number of rotatable bonds is 7. The third-order valence-electron chi connectivity index (χ3n) is 5.10. The molecule has 1 aromatic carbocycles. The monoisotopic (exact) mass is 362 g/mol. The first-order valence-corrected chi connectivity index (χ1v) is 9.57. The molecular weight excluding hydrogens is 332 g/mol. The van der Waals surface area contributed by atoms with Crippen LogP contribution in [0.3, 0.4) is 0 Å². The Morgan fingerprint density at radius 1 is 1.19 bits per heavy atom. The fourth-order valence-corrected chi connectivity index (χ4v) is 3.56. The van der Waals surface area contributed by atoms with Crippen molar-refractivity contribution in [2.24, 2.45) is 5.92 Å². The lowest BCUT2D eigenvalue weighted by Crippen LogP contribution is -2.43. The summed E-state index contributed by atoms with van der Waals surface area (Å²) in [5.41, 5.74) is 1.11. The molecule has 2 aliphatic rings. The minimum Gasteiger partial charge on any atom is -0.494 e. The number of carbonyl (C=O) groups excluding carboxylic acids is 1. The molecule has 1 amide bonds. The largest absolute Gasteiger partial charge is 0.494 e. The fourth-order valence-electron chi connectivity index (χ4n) is 3.56. The van der Waals surface area contributed by atoms with Crippen LogP contribution in [0.4, 0.5) is 0 Å². The highest BCUT2D eigenvalue weighted by Gasteiger charge is 2.31. The lowest BCUT2D eigenvalue weighted by molar-refractivity contribution is -0.133. The van der Waals surface area contributed by atoms with E-state index in [1.165, 1.54) is 0 Å². The number of likely N-dealkylation sites (tertiary alicyclic amines) is 1. The van der Waals surface area contributed by atoms with Gasteiger partial charge in [-0.3, -0.25) is 9.69 Å². The smallest absolute Gasteiger partial charge is 0.236 e. The van der Waals surface area contributed by atoms with Crippen LogP contribution in [0.1, 0.15) is 25.3 Å². The molecule has 0 aromatic heterocycles. The number of hydrogen-bond donors (Lipinski definition) is 0. The molecule has 1 aromatic rings. The van der Waals surface area contributed by atoms with E-state index in [1.807, 2.05) is 38.2 Å². The zero-order valence-electron chi connectivity index (χ0n) is 15.9. The van der Waals surface area contributed by atoms with Gasteiger partial charge >= 0.3 is 0 Å². The number of benzene rings is 1. The highest BCUT2D eigenvalue weighted by molar-refractivity contribution is 5.78. The predicted molar refractivity (Wildman–Crippen MR) is 98.9 cm³/mol. The number of ether oxygens (including phenoxy) is 3. The van der Waals surface area contributed by atoms with Crippen LogP contribution in [-0.2, 0) is 20.8 Å². The standard InChI is InChI=1S/C20H30N2O4/c1-3-24-18-6-4-16(5-7-18)14-21(2)19(23)15-22-10-8-17(9-11-22)20-25-12-13-26-20/h4-7,17,20H,3,8-15H2,1-2H3. The molecule has 3 rings (SSSR count). The molecule has 0 atom stereocenters. The second kappa shape index (κ2) is 9.35. The van der Waals surface area contributed by atoms with E-state index in [0.717, 1.165) is 37.2 Å². The highest BCUT2D eigenvalue weighted by Crippen LogP contribution is 2.25. The van der Waals surface area contributed by atoms with Crippen LogP contribution in [0, 0.1) is 5.92 Å². The minimum absolute atomic E-state index is 0.0322. The van der Waals surface area contributed by atoms with Crippen molar-refractivity contribution in [2.75, 3.05) is 46.5 Å². The van der Waals surface area contributed by atoms with Gasteiger partial charge in [-0.1, -0.05) is 12.1 Å². The summed E-state index contributed by atoms with van der Waals surface area (Å²) < 4.78 is 16.7. The maximum atomic E-state index is 12.5. The van der Waals surface area contributed by atoms with Crippen LogP contribution in [0.5, 0.6) is 5.75 Å². The number of carbonyl (C=O) groups is 1. The van der Waals surface area contributed by atoms with E-state index in [2.05, 4.69) is 4.90 Å². The summed E-state index contributed by atoms with van der Waals surface area (Å²) in [5.74, 6) is 1.49. The number of amides is 1. The summed E-state index contributed by atoms with van der Waals surface area (Å²) in [6.07, 6.45) is 2.02. The Hall–Kier alpha value is -1.63. The van der Waals surface area contributed by atoms with Crippen LogP contribution in [0.15, 0.2) is 24.3 Å². The maximum absolute atomic E-state index is 12.5. The molecule has 0 bridgehead atoms. The minimum atomic E-state index is -0.0322. The zero-order valence-corrected chi connectivity index (χ0v) is 15.9. The van der Waals surface area contributed by atoms with Crippen molar-refractivity contribution < 1.29 is 19.0 Å². The van der Waals surface area contributed by atoms with E-state index in [0.29, 0.717) is 38.8 Å². The Kier molecular flexibility index (Phi) is 6.88. The first-order valence-electron chi connectivity index (χ1n) is 9.57. The summed E-state index contributed by atoms with van der Waals surface area (Å²) in [4.78, 5) is 16.6. The van der Waals surface area contributed by atoms with Crippen molar-refractivity contribution >= 4 is 5.91 Å². The summed E-state index contributed by atoms with van der Waals surface area (Å²) in [6.45, 7) is 6.99. The Morgan fingerprint density at radius 3 is 2.46 bits per heavy atom. The van der Waals surface area contributed by atoms with Crippen molar-refractivity contribution in [3.05, 3.63) is 29.8 Å². The van der Waals surface area contributed by atoms with Gasteiger partial charge < -0.3 is 19.1 Å². The second-order valence-electron chi connectivity index (χ2n) is 7.05. The molecule has 2 heterocycles. The number of likely N-dealkylation sites (N-methyl/N-ethyl adjacent to an activating group) is 1. The van der Waals surface area contributed by atoms with Gasteiger partial charge in [-0.2, -0.15) is 0 Å². The maximum Gasteiger partial charge on any atom is 0.236 e. The highest BCUT2D eigenvalue weighted by atomic mass is 16.7. The normalized spacial score (nSPS) is 19.6. The zero-order chi connectivity index (χ0) is 18.4. The van der Waals surface area contributed by atoms with Crippen molar-refractivity contribution in [2.45, 2.75) is 32.6 Å². The van der Waals surface area contributed by atoms with Gasteiger partial charge in [0.1, 0.15) is 5.75 Å². The van der Waals surface area contributed by atoms with E-state index in [1.54, 1.807) is 4.90 Å². The Labute approximate surface area is 156 Å². The van der Waals surface area contributed by atoms with E-state index < -0.39 is 0 Å². The van der Waals surface area contributed by atoms with Gasteiger partial charge in [0.2, 0.25) is 5.91 Å². The summed E-state index contributed by atoms with van der Waals surface area (Å²) in [5, 5.41) is 0. The first kappa shape index (κ1) is 19.1. The molecule has 6 heteroatoms. The van der Waals surface area contributed by atoms with Crippen molar-refractivity contribution in [3.63, 3.8) is 0 Å². The van der Waals surface area contributed by atoms with Crippen LogP contribution in [0.2, 0.25) is 0 Å². The molecule has 144 valence electrons. The van der Waals surface area contributed by atoms with Crippen LogP contribution >= 0.6 is 0 Å². The van der Waals surface area contributed by atoms with Crippen molar-refractivity contribution in [1.82, 2.24) is 9.80 Å². The quantitative estimate of drug-likeness (QED) is 0.744.